The van der Waals surface area contributed by atoms with Gasteiger partial charge in [-0.25, -0.2) is 9.78 Å². The molecule has 21 heavy (non-hydrogen) atoms. The number of carbonyl (C=O) groups is 1. The van der Waals surface area contributed by atoms with Crippen molar-refractivity contribution in [2.24, 2.45) is 11.3 Å². The summed E-state index contributed by atoms with van der Waals surface area (Å²) in [6.07, 6.45) is 3.15. The van der Waals surface area contributed by atoms with Gasteiger partial charge in [-0.3, -0.25) is 0 Å². The molecule has 120 valence electrons. The van der Waals surface area contributed by atoms with Crippen molar-refractivity contribution in [2.75, 3.05) is 13.1 Å². The van der Waals surface area contributed by atoms with E-state index in [-0.39, 0.29) is 18.0 Å². The molecule has 6 heteroatoms. The van der Waals surface area contributed by atoms with Crippen LogP contribution < -0.4 is 10.6 Å². The Labute approximate surface area is 127 Å². The van der Waals surface area contributed by atoms with Gasteiger partial charge in [0.25, 0.3) is 0 Å². The van der Waals surface area contributed by atoms with Gasteiger partial charge >= 0.3 is 6.03 Å². The summed E-state index contributed by atoms with van der Waals surface area (Å²) in [5.74, 6) is 1.27. The predicted molar refractivity (Wildman–Crippen MR) is 83.0 cm³/mol. The summed E-state index contributed by atoms with van der Waals surface area (Å²) in [5.41, 5.74) is -0.237. The standard InChI is InChI=1S/C15H28N4O2/c1-11(10-19-7-6-16-12(19)2)8-17-14(21)18-9-13(20)15(3,4)5/h6-7,11,13,20H,8-10H2,1-5H3,(H2,17,18,21). The second-order valence-corrected chi connectivity index (χ2v) is 6.70. The minimum atomic E-state index is -0.561. The highest BCUT2D eigenvalue weighted by molar-refractivity contribution is 5.73. The molecule has 2 unspecified atom stereocenters. The van der Waals surface area contributed by atoms with E-state index in [4.69, 9.17) is 0 Å². The third-order valence-electron chi connectivity index (χ3n) is 3.50. The molecule has 0 bridgehead atoms. The first-order chi connectivity index (χ1) is 9.70. The number of aromatic nitrogens is 2. The Morgan fingerprint density at radius 2 is 2.00 bits per heavy atom. The minimum Gasteiger partial charge on any atom is -0.391 e. The SMILES string of the molecule is Cc1nccn1CC(C)CNC(=O)NCC(O)C(C)(C)C. The highest BCUT2D eigenvalue weighted by Crippen LogP contribution is 2.17. The molecule has 3 N–H and O–H groups in total. The second-order valence-electron chi connectivity index (χ2n) is 6.70. The van der Waals surface area contributed by atoms with Gasteiger partial charge in [-0.05, 0) is 18.3 Å². The average Bonchev–Trinajstić information content (AvgIpc) is 2.78. The lowest BCUT2D eigenvalue weighted by Gasteiger charge is -2.26. The van der Waals surface area contributed by atoms with Crippen molar-refractivity contribution in [2.45, 2.75) is 47.3 Å². The van der Waals surface area contributed by atoms with Gasteiger partial charge in [0.2, 0.25) is 0 Å². The first kappa shape index (κ1) is 17.5. The fourth-order valence-corrected chi connectivity index (χ4v) is 1.82. The lowest BCUT2D eigenvalue weighted by Crippen LogP contribution is -2.44. The molecule has 0 radical (unpaired) electrons. The summed E-state index contributed by atoms with van der Waals surface area (Å²) in [4.78, 5) is 15.9. The van der Waals surface area contributed by atoms with Crippen molar-refractivity contribution >= 4 is 6.03 Å². The van der Waals surface area contributed by atoms with E-state index in [1.807, 2.05) is 33.9 Å². The molecule has 0 saturated carbocycles. The van der Waals surface area contributed by atoms with E-state index in [0.29, 0.717) is 12.5 Å². The molecule has 1 aromatic heterocycles. The number of hydrogen-bond donors (Lipinski definition) is 3. The second kappa shape index (κ2) is 7.45. The monoisotopic (exact) mass is 296 g/mol. The van der Waals surface area contributed by atoms with E-state index in [2.05, 4.69) is 27.1 Å². The van der Waals surface area contributed by atoms with Gasteiger partial charge < -0.3 is 20.3 Å². The van der Waals surface area contributed by atoms with Crippen molar-refractivity contribution in [1.82, 2.24) is 20.2 Å². The number of aryl methyl sites for hydroxylation is 1. The van der Waals surface area contributed by atoms with Gasteiger partial charge in [-0.1, -0.05) is 27.7 Å². The van der Waals surface area contributed by atoms with Crippen LogP contribution in [0.2, 0.25) is 0 Å². The third-order valence-corrected chi connectivity index (χ3v) is 3.50. The Morgan fingerprint density at radius 1 is 1.38 bits per heavy atom. The highest BCUT2D eigenvalue weighted by atomic mass is 16.3. The normalized spacial score (nSPS) is 14.6. The van der Waals surface area contributed by atoms with Crippen LogP contribution in [0.25, 0.3) is 0 Å². The summed E-state index contributed by atoms with van der Waals surface area (Å²) in [6.45, 7) is 11.5. The Bertz CT molecular complexity index is 451. The molecule has 0 aliphatic rings. The third kappa shape index (κ3) is 6.16. The van der Waals surface area contributed by atoms with Crippen molar-refractivity contribution in [3.63, 3.8) is 0 Å². The molecule has 0 fully saturated rings. The lowest BCUT2D eigenvalue weighted by atomic mass is 9.89. The minimum absolute atomic E-state index is 0.237. The van der Waals surface area contributed by atoms with Crippen LogP contribution in [0.3, 0.4) is 0 Å². The molecule has 6 nitrogen and oxygen atoms in total. The van der Waals surface area contributed by atoms with Crippen molar-refractivity contribution in [3.8, 4) is 0 Å². The first-order valence-corrected chi connectivity index (χ1v) is 7.37. The van der Waals surface area contributed by atoms with Crippen LogP contribution >= 0.6 is 0 Å². The number of amides is 2. The number of nitrogens with one attached hydrogen (secondary N) is 2. The molecule has 1 aromatic rings. The number of urea groups is 1. The summed E-state index contributed by atoms with van der Waals surface area (Å²) < 4.78 is 2.06. The molecule has 2 amide bonds. The molecule has 0 spiro atoms. The summed E-state index contributed by atoms with van der Waals surface area (Å²) in [7, 11) is 0. The smallest absolute Gasteiger partial charge is 0.314 e. The zero-order valence-electron chi connectivity index (χ0n) is 13.7. The van der Waals surface area contributed by atoms with Gasteiger partial charge in [0.05, 0.1) is 6.10 Å². The molecule has 1 rings (SSSR count). The molecule has 2 atom stereocenters. The maximum absolute atomic E-state index is 11.7. The van der Waals surface area contributed by atoms with Crippen molar-refractivity contribution in [3.05, 3.63) is 18.2 Å². The quantitative estimate of drug-likeness (QED) is 0.745. The lowest BCUT2D eigenvalue weighted by molar-refractivity contribution is 0.0649. The van der Waals surface area contributed by atoms with Gasteiger partial charge in [-0.15, -0.1) is 0 Å². The Hall–Kier alpha value is -1.56. The number of carbonyl (C=O) groups excluding carboxylic acids is 1. The molecule has 0 aliphatic heterocycles. The average molecular weight is 296 g/mol. The topological polar surface area (TPSA) is 79.2 Å². The van der Waals surface area contributed by atoms with E-state index in [1.165, 1.54) is 0 Å². The van der Waals surface area contributed by atoms with Gasteiger partial charge in [-0.2, -0.15) is 0 Å². The maximum Gasteiger partial charge on any atom is 0.314 e. The van der Waals surface area contributed by atoms with Gasteiger partial charge in [0.1, 0.15) is 5.82 Å². The number of hydrogen-bond acceptors (Lipinski definition) is 3. The van der Waals surface area contributed by atoms with Crippen LogP contribution in [0.4, 0.5) is 4.79 Å². The van der Waals surface area contributed by atoms with Crippen LogP contribution in [0, 0.1) is 18.3 Å². The predicted octanol–water partition coefficient (Wildman–Crippen LogP) is 1.53. The first-order valence-electron chi connectivity index (χ1n) is 7.37. The highest BCUT2D eigenvalue weighted by Gasteiger charge is 2.22. The van der Waals surface area contributed by atoms with Crippen LogP contribution in [-0.4, -0.2) is 39.9 Å². The fourth-order valence-electron chi connectivity index (χ4n) is 1.82. The van der Waals surface area contributed by atoms with E-state index < -0.39 is 6.10 Å². The maximum atomic E-state index is 11.7. The van der Waals surface area contributed by atoms with E-state index in [1.54, 1.807) is 6.20 Å². The Morgan fingerprint density at radius 3 is 2.52 bits per heavy atom. The largest absolute Gasteiger partial charge is 0.391 e. The van der Waals surface area contributed by atoms with Crippen molar-refractivity contribution in [1.29, 1.82) is 0 Å². The number of nitrogens with zero attached hydrogens (tertiary/aromatic N) is 2. The Balaban J connectivity index is 2.25. The molecular formula is C15H28N4O2. The van der Waals surface area contributed by atoms with E-state index in [9.17, 15) is 9.90 Å². The van der Waals surface area contributed by atoms with E-state index >= 15 is 0 Å². The molecule has 0 aromatic carbocycles. The molecular weight excluding hydrogens is 268 g/mol. The van der Waals surface area contributed by atoms with E-state index in [0.717, 1.165) is 12.4 Å². The summed E-state index contributed by atoms with van der Waals surface area (Å²) >= 11 is 0. The Kier molecular flexibility index (Phi) is 6.20. The number of aliphatic hydroxyl groups is 1. The van der Waals surface area contributed by atoms with Crippen LogP contribution in [0.15, 0.2) is 12.4 Å². The number of imidazole rings is 1. The number of aliphatic hydroxyl groups excluding tert-OH is 1. The van der Waals surface area contributed by atoms with Crippen LogP contribution in [-0.2, 0) is 6.54 Å². The van der Waals surface area contributed by atoms with Crippen molar-refractivity contribution < 1.29 is 9.90 Å². The number of rotatable bonds is 6. The fraction of sp³-hybridized carbons (Fsp3) is 0.733. The summed E-state index contributed by atoms with van der Waals surface area (Å²) in [6, 6.07) is -0.243. The van der Waals surface area contributed by atoms with Crippen LogP contribution in [0.1, 0.15) is 33.5 Å². The zero-order valence-corrected chi connectivity index (χ0v) is 13.7. The summed E-state index contributed by atoms with van der Waals surface area (Å²) in [5, 5.41) is 15.4. The molecule has 1 heterocycles. The van der Waals surface area contributed by atoms with Crippen LogP contribution in [0.5, 0.6) is 0 Å². The van der Waals surface area contributed by atoms with Gasteiger partial charge in [0, 0.05) is 32.0 Å². The van der Waals surface area contributed by atoms with Gasteiger partial charge in [0.15, 0.2) is 0 Å². The zero-order chi connectivity index (χ0) is 16.0. The molecule has 0 aliphatic carbocycles. The molecule has 0 saturated heterocycles.